The van der Waals surface area contributed by atoms with Gasteiger partial charge in [0.2, 0.25) is 0 Å². The van der Waals surface area contributed by atoms with Gasteiger partial charge in [0.1, 0.15) is 5.82 Å². The van der Waals surface area contributed by atoms with Crippen LogP contribution in [0.15, 0.2) is 24.3 Å². The van der Waals surface area contributed by atoms with Crippen LogP contribution in [0.5, 0.6) is 0 Å². The molecule has 3 rings (SSSR count). The minimum atomic E-state index is -3.67. The highest BCUT2D eigenvalue weighted by molar-refractivity contribution is 7.85. The van der Waals surface area contributed by atoms with Crippen LogP contribution in [0.3, 0.4) is 0 Å². The Morgan fingerprint density at radius 2 is 1.88 bits per heavy atom. The third kappa shape index (κ3) is 4.86. The first-order chi connectivity index (χ1) is 11.2. The van der Waals surface area contributed by atoms with Gasteiger partial charge in [-0.1, -0.05) is 0 Å². The summed E-state index contributed by atoms with van der Waals surface area (Å²) in [5.41, 5.74) is 4.54. The molecule has 0 spiro atoms. The van der Waals surface area contributed by atoms with Crippen molar-refractivity contribution in [3.8, 4) is 11.3 Å². The third-order valence-electron chi connectivity index (χ3n) is 3.57. The average Bonchev–Trinajstić information content (AvgIpc) is 2.86. The van der Waals surface area contributed by atoms with Crippen molar-refractivity contribution in [2.45, 2.75) is 32.9 Å². The molecule has 0 aliphatic carbocycles. The third-order valence-corrected chi connectivity index (χ3v) is 3.57. The fourth-order valence-corrected chi connectivity index (χ4v) is 2.64. The Bertz CT molecular complexity index is 791. The van der Waals surface area contributed by atoms with Crippen LogP contribution in [-0.2, 0) is 23.1 Å². The molecule has 24 heavy (non-hydrogen) atoms. The van der Waals surface area contributed by atoms with E-state index < -0.39 is 10.1 Å². The van der Waals surface area contributed by atoms with E-state index >= 15 is 0 Å². The average molecular weight is 355 g/mol. The lowest BCUT2D eigenvalue weighted by Gasteiger charge is -2.17. The molecule has 0 unspecified atom stereocenters. The highest BCUT2D eigenvalue weighted by Gasteiger charge is 2.22. The second-order valence-electron chi connectivity index (χ2n) is 5.98. The maximum Gasteiger partial charge on any atom is 0.261 e. The molecule has 132 valence electrons. The van der Waals surface area contributed by atoms with Crippen molar-refractivity contribution in [1.82, 2.24) is 15.1 Å². The van der Waals surface area contributed by atoms with Crippen molar-refractivity contribution in [1.29, 1.82) is 0 Å². The van der Waals surface area contributed by atoms with E-state index in [-0.39, 0.29) is 5.82 Å². The zero-order chi connectivity index (χ0) is 17.9. The molecule has 1 aliphatic heterocycles. The summed E-state index contributed by atoms with van der Waals surface area (Å²) in [4.78, 5) is 0. The van der Waals surface area contributed by atoms with Crippen LogP contribution < -0.4 is 5.32 Å². The Kier molecular flexibility index (Phi) is 5.74. The molecule has 2 aromatic rings. The number of nitrogens with one attached hydrogen (secondary N) is 1. The Labute approximate surface area is 141 Å². The topological polar surface area (TPSA) is 84.2 Å². The molecular weight excluding hydrogens is 333 g/mol. The van der Waals surface area contributed by atoms with Gasteiger partial charge in [-0.2, -0.15) is 13.5 Å². The summed E-state index contributed by atoms with van der Waals surface area (Å²) in [6.45, 7) is 6.12. The molecular formula is C16H22FN3O3S. The number of rotatable bonds is 2. The van der Waals surface area contributed by atoms with Gasteiger partial charge in [0.25, 0.3) is 10.1 Å². The molecule has 6 nitrogen and oxygen atoms in total. The quantitative estimate of drug-likeness (QED) is 0.808. The van der Waals surface area contributed by atoms with E-state index in [1.165, 1.54) is 23.4 Å². The second-order valence-corrected chi connectivity index (χ2v) is 7.44. The number of hydrogen-bond donors (Lipinski definition) is 2. The largest absolute Gasteiger partial charge is 0.312 e. The van der Waals surface area contributed by atoms with Gasteiger partial charge in [0.15, 0.2) is 0 Å². The van der Waals surface area contributed by atoms with Crippen molar-refractivity contribution < 1.29 is 17.4 Å². The van der Waals surface area contributed by atoms with Gasteiger partial charge < -0.3 is 5.32 Å². The molecule has 0 saturated heterocycles. The summed E-state index contributed by atoms with van der Waals surface area (Å²) in [5, 5.41) is 8.13. The summed E-state index contributed by atoms with van der Waals surface area (Å²) >= 11 is 0. The monoisotopic (exact) mass is 355 g/mol. The minimum absolute atomic E-state index is 0.209. The van der Waals surface area contributed by atoms with Gasteiger partial charge in [-0.3, -0.25) is 9.23 Å². The molecule has 0 saturated carbocycles. The highest BCUT2D eigenvalue weighted by Crippen LogP contribution is 2.29. The number of aromatic nitrogens is 2. The minimum Gasteiger partial charge on any atom is -0.312 e. The maximum absolute atomic E-state index is 13.0. The zero-order valence-corrected chi connectivity index (χ0v) is 14.8. The van der Waals surface area contributed by atoms with Crippen molar-refractivity contribution in [3.63, 3.8) is 0 Å². The fraction of sp³-hybridized carbons (Fsp3) is 0.438. The summed E-state index contributed by atoms with van der Waals surface area (Å²) in [6, 6.07) is 6.94. The SMILES string of the molecule is CC(C)n1nc(-c2ccc(F)cc2)c2c1CCNC2.CS(=O)(=O)O. The Hall–Kier alpha value is -1.77. The van der Waals surface area contributed by atoms with Crippen LogP contribution >= 0.6 is 0 Å². The van der Waals surface area contributed by atoms with E-state index in [4.69, 9.17) is 9.65 Å². The van der Waals surface area contributed by atoms with Crippen LogP contribution in [0.4, 0.5) is 4.39 Å². The molecule has 8 heteroatoms. The van der Waals surface area contributed by atoms with Crippen molar-refractivity contribution in [2.75, 3.05) is 12.8 Å². The van der Waals surface area contributed by atoms with Gasteiger partial charge >= 0.3 is 0 Å². The van der Waals surface area contributed by atoms with E-state index in [2.05, 4.69) is 23.8 Å². The van der Waals surface area contributed by atoms with E-state index in [9.17, 15) is 12.8 Å². The van der Waals surface area contributed by atoms with Gasteiger partial charge in [-0.05, 0) is 38.1 Å². The smallest absolute Gasteiger partial charge is 0.261 e. The van der Waals surface area contributed by atoms with Gasteiger partial charge in [0, 0.05) is 42.4 Å². The summed E-state index contributed by atoms with van der Waals surface area (Å²) in [5.74, 6) is -0.209. The standard InChI is InChI=1S/C15H18FN3.CH4O3S/c1-10(2)19-14-7-8-17-9-13(14)15(18-19)11-3-5-12(16)6-4-11;1-5(2,3)4/h3-6,10,17H,7-9H2,1-2H3;1H3,(H,2,3,4). The molecule has 0 fully saturated rings. The molecule has 0 atom stereocenters. The molecule has 1 aromatic heterocycles. The number of halogens is 1. The lowest BCUT2D eigenvalue weighted by Crippen LogP contribution is -2.25. The van der Waals surface area contributed by atoms with Crippen molar-refractivity contribution in [3.05, 3.63) is 41.3 Å². The molecule has 2 N–H and O–H groups in total. The lowest BCUT2D eigenvalue weighted by atomic mass is 10.0. The Morgan fingerprint density at radius 3 is 2.42 bits per heavy atom. The number of benzene rings is 1. The van der Waals surface area contributed by atoms with Gasteiger partial charge in [-0.25, -0.2) is 4.39 Å². The first-order valence-corrected chi connectivity index (χ1v) is 9.51. The molecule has 0 radical (unpaired) electrons. The molecule has 0 bridgehead atoms. The van der Waals surface area contributed by atoms with E-state index in [1.807, 2.05) is 0 Å². The van der Waals surface area contributed by atoms with Crippen LogP contribution in [0, 0.1) is 5.82 Å². The van der Waals surface area contributed by atoms with Gasteiger partial charge in [0.05, 0.1) is 11.9 Å². The Morgan fingerprint density at radius 1 is 1.29 bits per heavy atom. The van der Waals surface area contributed by atoms with Gasteiger partial charge in [-0.15, -0.1) is 0 Å². The second kappa shape index (κ2) is 7.42. The van der Waals surface area contributed by atoms with Crippen LogP contribution in [0.1, 0.15) is 31.1 Å². The predicted molar refractivity (Wildman–Crippen MR) is 90.9 cm³/mol. The first-order valence-electron chi connectivity index (χ1n) is 7.66. The lowest BCUT2D eigenvalue weighted by molar-refractivity contribution is 0.490. The molecule has 1 aromatic carbocycles. The van der Waals surface area contributed by atoms with Crippen molar-refractivity contribution >= 4 is 10.1 Å². The summed E-state index contributed by atoms with van der Waals surface area (Å²) in [6.07, 6.45) is 1.72. The van der Waals surface area contributed by atoms with Crippen LogP contribution in [0.25, 0.3) is 11.3 Å². The fourth-order valence-electron chi connectivity index (χ4n) is 2.64. The first kappa shape index (κ1) is 18.6. The summed E-state index contributed by atoms with van der Waals surface area (Å²) < 4.78 is 41.0. The molecule has 2 heterocycles. The number of fused-ring (bicyclic) bond motifs is 1. The normalized spacial score (nSPS) is 14.1. The molecule has 0 amide bonds. The number of hydrogen-bond acceptors (Lipinski definition) is 4. The Balaban J connectivity index is 0.000000368. The number of nitrogens with zero attached hydrogens (tertiary/aromatic N) is 2. The maximum atomic E-state index is 13.0. The van der Waals surface area contributed by atoms with E-state index in [0.717, 1.165) is 30.8 Å². The summed E-state index contributed by atoms with van der Waals surface area (Å²) in [7, 11) is -3.67. The van der Waals surface area contributed by atoms with Crippen LogP contribution in [-0.4, -0.2) is 35.6 Å². The predicted octanol–water partition coefficient (Wildman–Crippen LogP) is 2.42. The van der Waals surface area contributed by atoms with Crippen LogP contribution in [0.2, 0.25) is 0 Å². The van der Waals surface area contributed by atoms with Crippen molar-refractivity contribution in [2.24, 2.45) is 0 Å². The molecule has 1 aliphatic rings. The highest BCUT2D eigenvalue weighted by atomic mass is 32.2. The van der Waals surface area contributed by atoms with E-state index in [0.29, 0.717) is 12.3 Å². The zero-order valence-electron chi connectivity index (χ0n) is 14.0. The van der Waals surface area contributed by atoms with E-state index in [1.54, 1.807) is 12.1 Å².